The maximum Gasteiger partial charge on any atom is 0.269 e. The highest BCUT2D eigenvalue weighted by atomic mass is 127. The fourth-order valence-electron chi connectivity index (χ4n) is 2.63. The van der Waals surface area contributed by atoms with Gasteiger partial charge in [-0.25, -0.2) is 18.1 Å². The number of halogens is 1. The molecular formula is C19H25IN4O4S. The van der Waals surface area contributed by atoms with Crippen LogP contribution in [-0.4, -0.2) is 44.2 Å². The third-order valence-electron chi connectivity index (χ3n) is 4.15. The van der Waals surface area contributed by atoms with Crippen molar-refractivity contribution in [2.45, 2.75) is 25.7 Å². The Kier molecular flexibility index (Phi) is 9.17. The van der Waals surface area contributed by atoms with E-state index in [1.807, 2.05) is 44.9 Å². The molecule has 2 aromatic rings. The fourth-order valence-corrected chi connectivity index (χ4v) is 3.65. The number of non-ortho nitro benzene ring substituents is 1. The molecule has 29 heavy (non-hydrogen) atoms. The average Bonchev–Trinajstić information content (AvgIpc) is 2.60. The Morgan fingerprint density at radius 3 is 2.21 bits per heavy atom. The van der Waals surface area contributed by atoms with Crippen LogP contribution in [0.2, 0.25) is 0 Å². The molecule has 10 heteroatoms. The van der Waals surface area contributed by atoms with E-state index in [4.69, 9.17) is 0 Å². The third kappa shape index (κ3) is 7.37. The van der Waals surface area contributed by atoms with Crippen LogP contribution in [0.4, 0.5) is 11.4 Å². The van der Waals surface area contributed by atoms with Crippen molar-refractivity contribution in [2.75, 3.05) is 20.1 Å². The number of hydrogen-bond donors (Lipinski definition) is 1. The van der Waals surface area contributed by atoms with E-state index in [1.54, 1.807) is 0 Å². The van der Waals surface area contributed by atoms with Gasteiger partial charge in [0.2, 0.25) is 10.0 Å². The predicted octanol–water partition coefficient (Wildman–Crippen LogP) is 3.79. The van der Waals surface area contributed by atoms with Gasteiger partial charge in [0, 0.05) is 32.3 Å². The summed E-state index contributed by atoms with van der Waals surface area (Å²) in [4.78, 5) is 16.5. The van der Waals surface area contributed by atoms with Crippen LogP contribution in [0.1, 0.15) is 18.1 Å². The first kappa shape index (κ1) is 25.0. The molecule has 0 aliphatic rings. The minimum absolute atomic E-state index is 0. The second kappa shape index (κ2) is 10.6. The van der Waals surface area contributed by atoms with Gasteiger partial charge in [-0.1, -0.05) is 6.07 Å². The van der Waals surface area contributed by atoms with Crippen molar-refractivity contribution in [1.29, 1.82) is 0 Å². The molecule has 0 aliphatic heterocycles. The first-order valence-corrected chi connectivity index (χ1v) is 10.2. The quantitative estimate of drug-likeness (QED) is 0.192. The molecule has 0 bridgehead atoms. The summed E-state index contributed by atoms with van der Waals surface area (Å²) in [6.07, 6.45) is 0. The largest absolute Gasteiger partial charge is 0.362 e. The summed E-state index contributed by atoms with van der Waals surface area (Å²) in [7, 11) is -1.90. The average molecular weight is 532 g/mol. The van der Waals surface area contributed by atoms with E-state index in [0.717, 1.165) is 22.6 Å². The Bertz CT molecular complexity index is 972. The molecule has 0 amide bonds. The highest BCUT2D eigenvalue weighted by Gasteiger charge is 2.15. The van der Waals surface area contributed by atoms with Crippen molar-refractivity contribution < 1.29 is 13.3 Å². The zero-order valence-corrected chi connectivity index (χ0v) is 19.9. The van der Waals surface area contributed by atoms with E-state index in [9.17, 15) is 18.5 Å². The van der Waals surface area contributed by atoms with Gasteiger partial charge in [-0.05, 0) is 56.2 Å². The SMILES string of the molecule is CC(=Nc1cc(C)cc(C)c1)N(C)CCNS(=O)(=O)c1ccc([N+](=O)[O-])cc1.I. The summed E-state index contributed by atoms with van der Waals surface area (Å²) in [6.45, 7) is 6.49. The number of hydrogen-bond acceptors (Lipinski definition) is 5. The highest BCUT2D eigenvalue weighted by molar-refractivity contribution is 14.0. The van der Waals surface area contributed by atoms with Gasteiger partial charge in [-0.2, -0.15) is 0 Å². The van der Waals surface area contributed by atoms with E-state index in [0.29, 0.717) is 6.54 Å². The molecule has 2 aromatic carbocycles. The number of amidine groups is 1. The molecule has 1 N–H and O–H groups in total. The van der Waals surface area contributed by atoms with Crippen LogP contribution in [0.3, 0.4) is 0 Å². The molecule has 0 aliphatic carbocycles. The molecule has 0 spiro atoms. The molecule has 0 fully saturated rings. The summed E-state index contributed by atoms with van der Waals surface area (Å²) >= 11 is 0. The van der Waals surface area contributed by atoms with Crippen LogP contribution in [-0.2, 0) is 10.0 Å². The monoisotopic (exact) mass is 532 g/mol. The lowest BCUT2D eigenvalue weighted by Gasteiger charge is -2.19. The number of nitro groups is 1. The lowest BCUT2D eigenvalue weighted by Crippen LogP contribution is -2.35. The lowest BCUT2D eigenvalue weighted by molar-refractivity contribution is -0.384. The number of likely N-dealkylation sites (N-methyl/N-ethyl adjacent to an activating group) is 1. The Morgan fingerprint density at radius 2 is 1.69 bits per heavy atom. The fraction of sp³-hybridized carbons (Fsp3) is 0.316. The molecule has 0 heterocycles. The van der Waals surface area contributed by atoms with Crippen molar-refractivity contribution in [3.05, 3.63) is 63.7 Å². The molecule has 0 aromatic heterocycles. The minimum atomic E-state index is -3.73. The smallest absolute Gasteiger partial charge is 0.269 e. The molecule has 8 nitrogen and oxygen atoms in total. The Morgan fingerprint density at radius 1 is 1.14 bits per heavy atom. The van der Waals surface area contributed by atoms with Gasteiger partial charge >= 0.3 is 0 Å². The van der Waals surface area contributed by atoms with E-state index in [2.05, 4.69) is 15.8 Å². The maximum absolute atomic E-state index is 12.3. The summed E-state index contributed by atoms with van der Waals surface area (Å²) in [5.41, 5.74) is 2.96. The van der Waals surface area contributed by atoms with Crippen LogP contribution in [0.15, 0.2) is 52.4 Å². The van der Waals surface area contributed by atoms with Crippen LogP contribution < -0.4 is 4.72 Å². The molecule has 2 rings (SSSR count). The maximum atomic E-state index is 12.3. The third-order valence-corrected chi connectivity index (χ3v) is 5.62. The van der Waals surface area contributed by atoms with Gasteiger partial charge in [0.15, 0.2) is 0 Å². The number of rotatable bonds is 7. The van der Waals surface area contributed by atoms with Gasteiger partial charge in [0.25, 0.3) is 5.69 Å². The first-order valence-electron chi connectivity index (χ1n) is 8.67. The molecule has 0 unspecified atom stereocenters. The van der Waals surface area contributed by atoms with Crippen molar-refractivity contribution in [2.24, 2.45) is 4.99 Å². The predicted molar refractivity (Wildman–Crippen MR) is 125 cm³/mol. The normalized spacial score (nSPS) is 11.7. The molecule has 158 valence electrons. The minimum Gasteiger partial charge on any atom is -0.362 e. The van der Waals surface area contributed by atoms with Gasteiger partial charge in [-0.15, -0.1) is 24.0 Å². The first-order chi connectivity index (χ1) is 13.1. The van der Waals surface area contributed by atoms with Crippen LogP contribution in [0.5, 0.6) is 0 Å². The van der Waals surface area contributed by atoms with E-state index in [-0.39, 0.29) is 41.1 Å². The number of nitro benzene ring substituents is 1. The number of aryl methyl sites for hydroxylation is 2. The van der Waals surface area contributed by atoms with Crippen molar-refractivity contribution in [3.63, 3.8) is 0 Å². The number of nitrogens with zero attached hydrogens (tertiary/aromatic N) is 3. The Hall–Kier alpha value is -2.05. The summed E-state index contributed by atoms with van der Waals surface area (Å²) in [6, 6.07) is 10.8. The van der Waals surface area contributed by atoms with E-state index >= 15 is 0 Å². The van der Waals surface area contributed by atoms with Crippen molar-refractivity contribution >= 4 is 51.2 Å². The van der Waals surface area contributed by atoms with Crippen molar-refractivity contribution in [3.8, 4) is 0 Å². The van der Waals surface area contributed by atoms with Crippen LogP contribution >= 0.6 is 24.0 Å². The van der Waals surface area contributed by atoms with Gasteiger partial charge < -0.3 is 4.90 Å². The van der Waals surface area contributed by atoms with E-state index < -0.39 is 14.9 Å². The lowest BCUT2D eigenvalue weighted by atomic mass is 10.1. The zero-order valence-electron chi connectivity index (χ0n) is 16.7. The second-order valence-electron chi connectivity index (χ2n) is 6.58. The van der Waals surface area contributed by atoms with Gasteiger partial charge in [0.05, 0.1) is 15.5 Å². The summed E-state index contributed by atoms with van der Waals surface area (Å²) < 4.78 is 27.1. The number of benzene rings is 2. The van der Waals surface area contributed by atoms with Crippen LogP contribution in [0, 0.1) is 24.0 Å². The van der Waals surface area contributed by atoms with Crippen molar-refractivity contribution in [1.82, 2.24) is 9.62 Å². The van der Waals surface area contributed by atoms with Crippen LogP contribution in [0.25, 0.3) is 0 Å². The highest BCUT2D eigenvalue weighted by Crippen LogP contribution is 2.18. The van der Waals surface area contributed by atoms with Gasteiger partial charge in [-0.3, -0.25) is 10.1 Å². The van der Waals surface area contributed by atoms with Gasteiger partial charge in [0.1, 0.15) is 5.84 Å². The molecular weight excluding hydrogens is 507 g/mol. The Balaban J connectivity index is 0.00000420. The number of aliphatic imine (C=N–C) groups is 1. The summed E-state index contributed by atoms with van der Waals surface area (Å²) in [5, 5.41) is 10.7. The topological polar surface area (TPSA) is 105 Å². The number of sulfonamides is 1. The second-order valence-corrected chi connectivity index (χ2v) is 8.34. The zero-order chi connectivity index (χ0) is 20.9. The standard InChI is InChI=1S/C19H24N4O4S.HI/c1-14-11-15(2)13-17(12-14)21-16(3)22(4)10-9-20-28(26,27)19-7-5-18(6-8-19)23(24)25;/h5-8,11-13,20H,9-10H2,1-4H3;1H. The number of nitrogens with one attached hydrogen (secondary N) is 1. The Labute approximate surface area is 188 Å². The summed E-state index contributed by atoms with van der Waals surface area (Å²) in [5.74, 6) is 0.763. The molecule has 0 saturated heterocycles. The molecule has 0 saturated carbocycles. The molecule has 0 atom stereocenters. The molecule has 0 radical (unpaired) electrons. The van der Waals surface area contributed by atoms with E-state index in [1.165, 1.54) is 24.3 Å².